The Labute approximate surface area is 209 Å². The average molecular weight is 479 g/mol. The molecule has 1 aliphatic carbocycles. The van der Waals surface area contributed by atoms with E-state index in [1.54, 1.807) is 0 Å². The molecule has 1 aliphatic heterocycles. The lowest BCUT2D eigenvalue weighted by molar-refractivity contribution is -0.160. The van der Waals surface area contributed by atoms with Crippen LogP contribution in [0.15, 0.2) is 60.7 Å². The summed E-state index contributed by atoms with van der Waals surface area (Å²) in [7, 11) is -2.49. The predicted molar refractivity (Wildman–Crippen MR) is 146 cm³/mol. The molecule has 1 saturated heterocycles. The lowest BCUT2D eigenvalue weighted by Crippen LogP contribution is -2.67. The van der Waals surface area contributed by atoms with E-state index in [1.165, 1.54) is 61.7 Å². The molecule has 4 rings (SSSR count). The van der Waals surface area contributed by atoms with Gasteiger partial charge in [0.2, 0.25) is 0 Å². The summed E-state index contributed by atoms with van der Waals surface area (Å²) in [6, 6.07) is 22.1. The lowest BCUT2D eigenvalue weighted by atomic mass is 9.76. The van der Waals surface area contributed by atoms with Crippen molar-refractivity contribution in [3.63, 3.8) is 0 Å². The first-order valence-corrected chi connectivity index (χ1v) is 15.7. The van der Waals surface area contributed by atoms with Crippen LogP contribution in [0, 0.1) is 11.8 Å². The monoisotopic (exact) mass is 478 g/mol. The van der Waals surface area contributed by atoms with Crippen molar-refractivity contribution in [2.24, 2.45) is 11.8 Å². The molecule has 2 aromatic carbocycles. The van der Waals surface area contributed by atoms with Crippen molar-refractivity contribution in [1.29, 1.82) is 0 Å². The largest absolute Gasteiger partial charge is 0.407 e. The molecule has 1 saturated carbocycles. The maximum atomic E-state index is 7.33. The molecule has 0 aromatic heterocycles. The summed E-state index contributed by atoms with van der Waals surface area (Å²) in [5, 5.41) is 2.77. The summed E-state index contributed by atoms with van der Waals surface area (Å²) in [6.45, 7) is 12.7. The van der Waals surface area contributed by atoms with Gasteiger partial charge in [-0.05, 0) is 65.8 Å². The highest BCUT2D eigenvalue weighted by atomic mass is 28.4. The minimum Gasteiger partial charge on any atom is -0.407 e. The Bertz CT molecular complexity index is 849. The Balaban J connectivity index is 1.62. The first kappa shape index (κ1) is 25.7. The maximum absolute atomic E-state index is 7.33. The van der Waals surface area contributed by atoms with Gasteiger partial charge < -0.3 is 9.16 Å². The Kier molecular flexibility index (Phi) is 8.06. The van der Waals surface area contributed by atoms with Crippen LogP contribution < -0.4 is 10.4 Å². The highest BCUT2D eigenvalue weighted by Gasteiger charge is 2.52. The zero-order valence-corrected chi connectivity index (χ0v) is 23.2. The molecule has 2 aliphatic rings. The van der Waals surface area contributed by atoms with Gasteiger partial charge in [-0.1, -0.05) is 108 Å². The minimum absolute atomic E-state index is 0.0242. The van der Waals surface area contributed by atoms with Gasteiger partial charge in [-0.3, -0.25) is 0 Å². The number of rotatable bonds is 8. The number of benzene rings is 2. The van der Waals surface area contributed by atoms with Crippen LogP contribution in [-0.2, 0) is 9.16 Å². The van der Waals surface area contributed by atoms with Gasteiger partial charge in [-0.2, -0.15) is 0 Å². The zero-order valence-electron chi connectivity index (χ0n) is 22.2. The first-order valence-electron chi connectivity index (χ1n) is 13.8. The molecule has 0 N–H and O–H groups in total. The van der Waals surface area contributed by atoms with Gasteiger partial charge in [0.1, 0.15) is 0 Å². The van der Waals surface area contributed by atoms with Gasteiger partial charge in [0.15, 0.2) is 0 Å². The second-order valence-electron chi connectivity index (χ2n) is 11.9. The van der Waals surface area contributed by atoms with Crippen LogP contribution >= 0.6 is 0 Å². The summed E-state index contributed by atoms with van der Waals surface area (Å²) in [6.07, 6.45) is 10.5. The van der Waals surface area contributed by atoms with E-state index in [9.17, 15) is 0 Å². The summed E-state index contributed by atoms with van der Waals surface area (Å²) >= 11 is 0. The molecular weight excluding hydrogens is 432 g/mol. The van der Waals surface area contributed by atoms with E-state index in [1.807, 2.05) is 0 Å². The van der Waals surface area contributed by atoms with Crippen molar-refractivity contribution in [3.05, 3.63) is 60.7 Å². The fourth-order valence-electron chi connectivity index (χ4n) is 7.07. The van der Waals surface area contributed by atoms with Crippen LogP contribution in [0.5, 0.6) is 0 Å². The fraction of sp³-hybridized carbons (Fsp3) is 0.613. The SMILES string of the molecule is CCC[C@H]1CCC[C@]2(CCC[C@@H]2[C@@H](C)CO[Si](c2ccccc2)(c2ccccc2)C(C)(C)C)O1. The van der Waals surface area contributed by atoms with E-state index in [0.29, 0.717) is 17.9 Å². The van der Waals surface area contributed by atoms with E-state index in [0.717, 1.165) is 6.61 Å². The van der Waals surface area contributed by atoms with E-state index >= 15 is 0 Å². The summed E-state index contributed by atoms with van der Waals surface area (Å²) in [4.78, 5) is 0. The maximum Gasteiger partial charge on any atom is 0.261 e. The van der Waals surface area contributed by atoms with E-state index in [-0.39, 0.29) is 10.6 Å². The molecule has 3 heteroatoms. The van der Waals surface area contributed by atoms with Crippen LogP contribution in [0.25, 0.3) is 0 Å². The number of hydrogen-bond acceptors (Lipinski definition) is 2. The fourth-order valence-corrected chi connectivity index (χ4v) is 11.7. The summed E-state index contributed by atoms with van der Waals surface area (Å²) < 4.78 is 14.3. The minimum atomic E-state index is -2.49. The van der Waals surface area contributed by atoms with Crippen LogP contribution in [0.2, 0.25) is 5.04 Å². The molecule has 4 atom stereocenters. The molecule has 0 unspecified atom stereocenters. The molecule has 2 fully saturated rings. The molecule has 0 radical (unpaired) electrons. The van der Waals surface area contributed by atoms with Crippen molar-refractivity contribution >= 4 is 18.7 Å². The van der Waals surface area contributed by atoms with Gasteiger partial charge in [0, 0.05) is 6.61 Å². The van der Waals surface area contributed by atoms with Gasteiger partial charge >= 0.3 is 0 Å². The van der Waals surface area contributed by atoms with Crippen LogP contribution in [0.3, 0.4) is 0 Å². The van der Waals surface area contributed by atoms with Gasteiger partial charge in [-0.15, -0.1) is 0 Å². The topological polar surface area (TPSA) is 18.5 Å². The Morgan fingerprint density at radius 1 is 0.941 bits per heavy atom. The van der Waals surface area contributed by atoms with Gasteiger partial charge in [0.05, 0.1) is 11.7 Å². The molecule has 0 bridgehead atoms. The average Bonchev–Trinajstić information content (AvgIpc) is 3.22. The molecule has 34 heavy (non-hydrogen) atoms. The zero-order chi connectivity index (χ0) is 24.2. The summed E-state index contributed by atoms with van der Waals surface area (Å²) in [5.74, 6) is 1.09. The molecule has 0 amide bonds. The normalized spacial score (nSPS) is 26.6. The highest BCUT2D eigenvalue weighted by molar-refractivity contribution is 6.99. The Morgan fingerprint density at radius 2 is 1.50 bits per heavy atom. The first-order chi connectivity index (χ1) is 16.3. The standard InChI is InChI=1S/C31H46O2Si/c1-6-15-26-16-13-22-31(33-26)23-14-21-29(31)25(2)24-32-34(30(3,4)5,27-17-9-7-10-18-27)28-19-11-8-12-20-28/h7-12,17-20,25-26,29H,6,13-16,21-24H2,1-5H3/t25-,26-,29+,31+/m0/s1. The number of hydrogen-bond donors (Lipinski definition) is 0. The summed E-state index contributed by atoms with van der Waals surface area (Å²) in [5.41, 5.74) is 0.0896. The second kappa shape index (κ2) is 10.7. The smallest absolute Gasteiger partial charge is 0.261 e. The van der Waals surface area contributed by atoms with Crippen molar-refractivity contribution < 1.29 is 9.16 Å². The van der Waals surface area contributed by atoms with E-state index in [4.69, 9.17) is 9.16 Å². The molecular formula is C31H46O2Si. The molecule has 2 aromatic rings. The van der Waals surface area contributed by atoms with Crippen LogP contribution in [0.4, 0.5) is 0 Å². The quantitative estimate of drug-likeness (QED) is 0.376. The van der Waals surface area contributed by atoms with Crippen LogP contribution in [0.1, 0.15) is 86.0 Å². The highest BCUT2D eigenvalue weighted by Crippen LogP contribution is 2.50. The number of ether oxygens (including phenoxy) is 1. The molecule has 1 heterocycles. The van der Waals surface area contributed by atoms with Gasteiger partial charge in [0.25, 0.3) is 8.32 Å². The Morgan fingerprint density at radius 3 is 2.03 bits per heavy atom. The van der Waals surface area contributed by atoms with E-state index < -0.39 is 8.32 Å². The van der Waals surface area contributed by atoms with Crippen molar-refractivity contribution in [1.82, 2.24) is 0 Å². The van der Waals surface area contributed by atoms with Gasteiger partial charge in [-0.25, -0.2) is 0 Å². The van der Waals surface area contributed by atoms with Crippen molar-refractivity contribution in [2.45, 2.75) is 103 Å². The molecule has 1 spiro atoms. The van der Waals surface area contributed by atoms with Crippen molar-refractivity contribution in [3.8, 4) is 0 Å². The van der Waals surface area contributed by atoms with Crippen LogP contribution in [-0.4, -0.2) is 26.6 Å². The molecule has 2 nitrogen and oxygen atoms in total. The third-order valence-electron chi connectivity index (χ3n) is 8.60. The third-order valence-corrected chi connectivity index (χ3v) is 13.6. The third kappa shape index (κ3) is 4.94. The van der Waals surface area contributed by atoms with Crippen molar-refractivity contribution in [2.75, 3.05) is 6.61 Å². The second-order valence-corrected chi connectivity index (χ2v) is 16.2. The predicted octanol–water partition coefficient (Wildman–Crippen LogP) is 7.11. The Hall–Kier alpha value is -1.42. The van der Waals surface area contributed by atoms with E-state index in [2.05, 4.69) is 95.3 Å². The lowest BCUT2D eigenvalue weighted by Gasteiger charge is -2.47. The molecule has 186 valence electrons.